The van der Waals surface area contributed by atoms with E-state index in [9.17, 15) is 9.59 Å². The fourth-order valence-electron chi connectivity index (χ4n) is 2.47. The third-order valence-corrected chi connectivity index (χ3v) is 7.47. The molecule has 0 rings (SSSR count). The molecule has 0 N–H and O–H groups in total. The first-order valence-electron chi connectivity index (χ1n) is 7.18. The molecule has 0 spiro atoms. The number of hydrogen-bond acceptors (Lipinski definition) is 4. The summed E-state index contributed by atoms with van der Waals surface area (Å²) in [5.41, 5.74) is -0.664. The van der Waals surface area contributed by atoms with Crippen molar-refractivity contribution < 1.29 is 18.4 Å². The van der Waals surface area contributed by atoms with E-state index in [0.29, 0.717) is 18.9 Å². The zero-order valence-electron chi connectivity index (χ0n) is 13.0. The van der Waals surface area contributed by atoms with Gasteiger partial charge in [0.05, 0.1) is 0 Å². The van der Waals surface area contributed by atoms with Crippen LogP contribution in [-0.2, 0) is 18.4 Å². The maximum Gasteiger partial charge on any atom is 0.356 e. The molecule has 0 aromatic rings. The lowest BCUT2D eigenvalue weighted by atomic mass is 10.1. The minimum Gasteiger partial charge on any atom is -0.397 e. The Morgan fingerprint density at radius 3 is 1.58 bits per heavy atom. The van der Waals surface area contributed by atoms with E-state index >= 15 is 0 Å². The van der Waals surface area contributed by atoms with Crippen LogP contribution in [0.5, 0.6) is 0 Å². The summed E-state index contributed by atoms with van der Waals surface area (Å²) >= 11 is 0. The van der Waals surface area contributed by atoms with E-state index in [1.54, 1.807) is 14.2 Å². The summed E-state index contributed by atoms with van der Waals surface area (Å²) in [6.45, 7) is 5.91. The van der Waals surface area contributed by atoms with E-state index in [1.165, 1.54) is 0 Å². The Kier molecular flexibility index (Phi) is 9.13. The summed E-state index contributed by atoms with van der Waals surface area (Å²) in [5.74, 6) is -0.0190. The highest BCUT2D eigenvalue weighted by molar-refractivity contribution is 6.76. The lowest BCUT2D eigenvalue weighted by molar-refractivity contribution is -0.128. The van der Waals surface area contributed by atoms with Gasteiger partial charge in [0.25, 0.3) is 0 Å². The van der Waals surface area contributed by atoms with E-state index < -0.39 is 14.1 Å². The van der Waals surface area contributed by atoms with E-state index in [1.807, 2.05) is 20.8 Å². The Morgan fingerprint density at radius 2 is 1.32 bits per heavy atom. The zero-order valence-corrected chi connectivity index (χ0v) is 14.0. The van der Waals surface area contributed by atoms with Gasteiger partial charge in [-0.2, -0.15) is 0 Å². The molecule has 112 valence electrons. The van der Waals surface area contributed by atoms with Crippen molar-refractivity contribution in [3.63, 3.8) is 0 Å². The van der Waals surface area contributed by atoms with Crippen molar-refractivity contribution in [3.8, 4) is 0 Å². The zero-order chi connectivity index (χ0) is 14.9. The van der Waals surface area contributed by atoms with Gasteiger partial charge < -0.3 is 8.85 Å². The van der Waals surface area contributed by atoms with Crippen LogP contribution in [0.2, 0.25) is 11.6 Å². The molecule has 0 aromatic carbocycles. The Labute approximate surface area is 118 Å². The minimum atomic E-state index is -2.77. The number of carbonyl (C=O) groups excluding carboxylic acids is 2. The molecule has 19 heavy (non-hydrogen) atoms. The average Bonchev–Trinajstić information content (AvgIpc) is 2.38. The number of ketones is 2. The Bertz CT molecular complexity index is 269. The van der Waals surface area contributed by atoms with Crippen molar-refractivity contribution in [2.75, 3.05) is 14.2 Å². The quantitative estimate of drug-likeness (QED) is 0.432. The topological polar surface area (TPSA) is 52.6 Å². The summed E-state index contributed by atoms with van der Waals surface area (Å²) in [4.78, 5) is 24.7. The van der Waals surface area contributed by atoms with Crippen LogP contribution in [0.4, 0.5) is 0 Å². The van der Waals surface area contributed by atoms with Crippen LogP contribution in [0.15, 0.2) is 0 Å². The average molecular weight is 288 g/mol. The maximum atomic E-state index is 12.4. The second-order valence-electron chi connectivity index (χ2n) is 4.84. The van der Waals surface area contributed by atoms with Crippen molar-refractivity contribution in [1.82, 2.24) is 0 Å². The Balaban J connectivity index is 5.37. The first-order chi connectivity index (χ1) is 9.02. The molecule has 0 amide bonds. The molecule has 0 heterocycles. The summed E-state index contributed by atoms with van der Waals surface area (Å²) in [7, 11) is 0.360. The molecular weight excluding hydrogens is 260 g/mol. The molecule has 0 saturated heterocycles. The molecule has 0 saturated carbocycles. The maximum absolute atomic E-state index is 12.4. The van der Waals surface area contributed by atoms with Gasteiger partial charge in [0.1, 0.15) is 17.1 Å². The van der Waals surface area contributed by atoms with Gasteiger partial charge in [-0.05, 0) is 18.9 Å². The highest BCUT2D eigenvalue weighted by atomic mass is 28.4. The molecule has 0 aliphatic rings. The first-order valence-corrected chi connectivity index (χ1v) is 9.28. The molecule has 0 bridgehead atoms. The Morgan fingerprint density at radius 1 is 0.895 bits per heavy atom. The van der Waals surface area contributed by atoms with Crippen LogP contribution in [0.3, 0.4) is 0 Å². The van der Waals surface area contributed by atoms with Crippen LogP contribution in [-0.4, -0.2) is 34.3 Å². The van der Waals surface area contributed by atoms with E-state index in [4.69, 9.17) is 8.85 Å². The molecule has 0 aromatic heterocycles. The van der Waals surface area contributed by atoms with Crippen molar-refractivity contribution in [1.29, 1.82) is 0 Å². The molecule has 0 unspecified atom stereocenters. The van der Waals surface area contributed by atoms with Gasteiger partial charge in [-0.3, -0.25) is 9.59 Å². The third kappa shape index (κ3) is 4.82. The summed E-state index contributed by atoms with van der Waals surface area (Å²) in [6.07, 6.45) is 3.19. The van der Waals surface area contributed by atoms with Crippen LogP contribution >= 0.6 is 0 Å². The lowest BCUT2D eigenvalue weighted by Gasteiger charge is -2.33. The van der Waals surface area contributed by atoms with Gasteiger partial charge in [-0.1, -0.05) is 27.2 Å². The predicted molar refractivity (Wildman–Crippen MR) is 78.5 cm³/mol. The normalized spacial score (nSPS) is 11.9. The molecular formula is C14H28O4Si. The SMILES string of the molecule is CCCC(=O)C(C(=O)CCC)[Si](CCC)(OC)OC. The van der Waals surface area contributed by atoms with Gasteiger partial charge in [0.15, 0.2) is 0 Å². The second kappa shape index (κ2) is 9.39. The number of carbonyl (C=O) groups is 2. The minimum absolute atomic E-state index is 0.00948. The largest absolute Gasteiger partial charge is 0.397 e. The molecule has 5 heteroatoms. The summed E-state index contributed by atoms with van der Waals surface area (Å²) in [5, 5.41) is 0. The van der Waals surface area contributed by atoms with Crippen molar-refractivity contribution in [2.45, 2.75) is 64.5 Å². The Hall–Kier alpha value is -0.523. The van der Waals surface area contributed by atoms with E-state index in [-0.39, 0.29) is 11.6 Å². The standard InChI is InChI=1S/C14H28O4Si/c1-6-9-12(15)14(13(16)10-7-2)19(17-4,18-5)11-8-3/h14H,6-11H2,1-5H3. The van der Waals surface area contributed by atoms with Crippen LogP contribution < -0.4 is 0 Å². The molecule has 0 fully saturated rings. The van der Waals surface area contributed by atoms with Gasteiger partial charge >= 0.3 is 8.56 Å². The van der Waals surface area contributed by atoms with Gasteiger partial charge in [0.2, 0.25) is 0 Å². The van der Waals surface area contributed by atoms with E-state index in [0.717, 1.165) is 19.3 Å². The summed E-state index contributed by atoms with van der Waals surface area (Å²) in [6, 6.07) is 0.676. The van der Waals surface area contributed by atoms with E-state index in [2.05, 4.69) is 0 Å². The van der Waals surface area contributed by atoms with Gasteiger partial charge in [-0.25, -0.2) is 0 Å². The molecule has 0 atom stereocenters. The molecule has 4 nitrogen and oxygen atoms in total. The summed E-state index contributed by atoms with van der Waals surface area (Å²) < 4.78 is 11.2. The van der Waals surface area contributed by atoms with Crippen molar-refractivity contribution in [2.24, 2.45) is 0 Å². The highest BCUT2D eigenvalue weighted by Crippen LogP contribution is 2.33. The third-order valence-electron chi connectivity index (χ3n) is 3.37. The first kappa shape index (κ1) is 18.5. The van der Waals surface area contributed by atoms with Crippen LogP contribution in [0.1, 0.15) is 52.9 Å². The van der Waals surface area contributed by atoms with Gasteiger partial charge in [0, 0.05) is 27.1 Å². The monoisotopic (exact) mass is 288 g/mol. The number of rotatable bonds is 11. The fraction of sp³-hybridized carbons (Fsp3) is 0.857. The molecule has 0 aliphatic carbocycles. The fourth-order valence-corrected chi connectivity index (χ4v) is 5.77. The van der Waals surface area contributed by atoms with Gasteiger partial charge in [-0.15, -0.1) is 0 Å². The second-order valence-corrected chi connectivity index (χ2v) is 8.35. The number of Topliss-reactive ketones (excluding diaryl/α,β-unsaturated/α-hetero) is 2. The highest BCUT2D eigenvalue weighted by Gasteiger charge is 2.50. The van der Waals surface area contributed by atoms with Crippen molar-refractivity contribution in [3.05, 3.63) is 0 Å². The van der Waals surface area contributed by atoms with Crippen molar-refractivity contribution >= 4 is 20.1 Å². The molecule has 0 aliphatic heterocycles. The molecule has 0 radical (unpaired) electrons. The lowest BCUT2D eigenvalue weighted by Crippen LogP contribution is -2.51. The predicted octanol–water partition coefficient (Wildman–Crippen LogP) is 3.24. The number of hydrogen-bond donors (Lipinski definition) is 0. The van der Waals surface area contributed by atoms with Crippen LogP contribution in [0, 0.1) is 0 Å². The smallest absolute Gasteiger partial charge is 0.356 e. The van der Waals surface area contributed by atoms with Crippen LogP contribution in [0.25, 0.3) is 0 Å².